The van der Waals surface area contributed by atoms with Crippen molar-refractivity contribution >= 4 is 15.7 Å². The van der Waals surface area contributed by atoms with Gasteiger partial charge in [0.2, 0.25) is 10.0 Å². The minimum atomic E-state index is -3.46. The Morgan fingerprint density at radius 3 is 2.38 bits per heavy atom. The van der Waals surface area contributed by atoms with Crippen LogP contribution in [0.3, 0.4) is 0 Å². The Labute approximate surface area is 128 Å². The number of anilines is 1. The zero-order valence-corrected chi connectivity index (χ0v) is 14.3. The van der Waals surface area contributed by atoms with E-state index in [1.54, 1.807) is 4.31 Å². The van der Waals surface area contributed by atoms with Crippen LogP contribution in [0.15, 0.2) is 11.0 Å². The molecular formula is C16H26N2O2S. The molecule has 0 heterocycles. The molecule has 1 fully saturated rings. The van der Waals surface area contributed by atoms with Crippen molar-refractivity contribution < 1.29 is 8.42 Å². The molecule has 2 N–H and O–H groups in total. The number of rotatable bonds is 6. The lowest BCUT2D eigenvalue weighted by Gasteiger charge is -2.25. The van der Waals surface area contributed by atoms with Gasteiger partial charge in [-0.1, -0.05) is 19.4 Å². The average molecular weight is 310 g/mol. The van der Waals surface area contributed by atoms with Gasteiger partial charge in [-0.15, -0.1) is 0 Å². The second-order valence-electron chi connectivity index (χ2n) is 6.08. The van der Waals surface area contributed by atoms with Gasteiger partial charge in [-0.2, -0.15) is 4.31 Å². The Morgan fingerprint density at radius 2 is 1.86 bits per heavy atom. The fraction of sp³-hybridized carbons (Fsp3) is 0.625. The zero-order chi connectivity index (χ0) is 15.8. The van der Waals surface area contributed by atoms with Crippen LogP contribution in [0.25, 0.3) is 0 Å². The Morgan fingerprint density at radius 1 is 1.24 bits per heavy atom. The number of benzene rings is 1. The Balaban J connectivity index is 2.50. The number of nitrogens with two attached hydrogens (primary N) is 1. The number of aryl methyl sites for hydroxylation is 2. The first kappa shape index (κ1) is 16.3. The first-order valence-corrected chi connectivity index (χ1v) is 9.12. The highest BCUT2D eigenvalue weighted by molar-refractivity contribution is 7.89. The Kier molecular flexibility index (Phi) is 4.63. The predicted molar refractivity (Wildman–Crippen MR) is 86.9 cm³/mol. The smallest absolute Gasteiger partial charge is 0.243 e. The summed E-state index contributed by atoms with van der Waals surface area (Å²) in [5, 5.41) is 0. The van der Waals surface area contributed by atoms with Crippen LogP contribution in [-0.4, -0.2) is 25.3 Å². The Hall–Kier alpha value is -1.07. The molecule has 0 aliphatic heterocycles. The molecule has 0 spiro atoms. The van der Waals surface area contributed by atoms with E-state index >= 15 is 0 Å². The topological polar surface area (TPSA) is 63.4 Å². The molecule has 1 aromatic rings. The molecule has 1 aliphatic carbocycles. The molecule has 0 bridgehead atoms. The van der Waals surface area contributed by atoms with E-state index in [-0.39, 0.29) is 6.04 Å². The summed E-state index contributed by atoms with van der Waals surface area (Å²) in [5.74, 6) is 0. The zero-order valence-electron chi connectivity index (χ0n) is 13.4. The van der Waals surface area contributed by atoms with Crippen LogP contribution >= 0.6 is 0 Å². The van der Waals surface area contributed by atoms with E-state index in [1.165, 1.54) is 0 Å². The second-order valence-corrected chi connectivity index (χ2v) is 7.91. The highest BCUT2D eigenvalue weighted by Gasteiger charge is 2.39. The van der Waals surface area contributed by atoms with Gasteiger partial charge in [0, 0.05) is 18.3 Å². The second kappa shape index (κ2) is 5.97. The van der Waals surface area contributed by atoms with E-state index in [1.807, 2.05) is 26.8 Å². The van der Waals surface area contributed by atoms with Crippen molar-refractivity contribution in [1.82, 2.24) is 4.31 Å². The quantitative estimate of drug-likeness (QED) is 0.821. The first-order valence-electron chi connectivity index (χ1n) is 7.68. The molecule has 0 amide bonds. The van der Waals surface area contributed by atoms with Crippen molar-refractivity contribution in [3.8, 4) is 0 Å². The molecule has 21 heavy (non-hydrogen) atoms. The molecule has 0 atom stereocenters. The van der Waals surface area contributed by atoms with Gasteiger partial charge >= 0.3 is 0 Å². The van der Waals surface area contributed by atoms with E-state index in [2.05, 4.69) is 6.92 Å². The molecule has 0 aromatic heterocycles. The third-order valence-electron chi connectivity index (χ3n) is 4.21. The summed E-state index contributed by atoms with van der Waals surface area (Å²) in [5.41, 5.74) is 9.07. The number of sulfonamides is 1. The number of hydrogen-bond donors (Lipinski definition) is 1. The van der Waals surface area contributed by atoms with Crippen molar-refractivity contribution in [2.75, 3.05) is 12.3 Å². The van der Waals surface area contributed by atoms with E-state index in [4.69, 9.17) is 5.73 Å². The minimum absolute atomic E-state index is 0.183. The predicted octanol–water partition coefficient (Wildman–Crippen LogP) is 3.15. The molecular weight excluding hydrogens is 284 g/mol. The lowest BCUT2D eigenvalue weighted by atomic mass is 10.1. The summed E-state index contributed by atoms with van der Waals surface area (Å²) >= 11 is 0. The van der Waals surface area contributed by atoms with Crippen LogP contribution in [0.5, 0.6) is 0 Å². The molecule has 1 aromatic carbocycles. The first-order chi connectivity index (χ1) is 9.80. The maximum absolute atomic E-state index is 13.1. The van der Waals surface area contributed by atoms with E-state index < -0.39 is 10.0 Å². The highest BCUT2D eigenvalue weighted by atomic mass is 32.2. The lowest BCUT2D eigenvalue weighted by Crippen LogP contribution is -2.35. The molecule has 5 heteroatoms. The van der Waals surface area contributed by atoms with E-state index in [9.17, 15) is 8.42 Å². The molecule has 0 saturated heterocycles. The summed E-state index contributed by atoms with van der Waals surface area (Å²) < 4.78 is 27.9. The summed E-state index contributed by atoms with van der Waals surface area (Å²) in [6.07, 6.45) is 3.84. The van der Waals surface area contributed by atoms with Crippen LogP contribution in [0.1, 0.15) is 49.3 Å². The van der Waals surface area contributed by atoms with Crippen LogP contribution < -0.4 is 5.73 Å². The van der Waals surface area contributed by atoms with Crippen molar-refractivity contribution in [1.29, 1.82) is 0 Å². The lowest BCUT2D eigenvalue weighted by molar-refractivity contribution is 0.395. The third-order valence-corrected chi connectivity index (χ3v) is 6.46. The van der Waals surface area contributed by atoms with Gasteiger partial charge in [-0.05, 0) is 56.7 Å². The summed E-state index contributed by atoms with van der Waals surface area (Å²) in [6, 6.07) is 2.06. The number of nitrogen functional groups attached to an aromatic ring is 1. The molecule has 1 aliphatic rings. The Bertz CT molecular complexity index is 634. The normalized spacial score (nSPS) is 15.7. The maximum atomic E-state index is 13.1. The van der Waals surface area contributed by atoms with E-state index in [0.29, 0.717) is 22.7 Å². The number of unbranched alkanes of at least 4 members (excludes halogenated alkanes) is 1. The molecule has 2 rings (SSSR count). The molecule has 0 unspecified atom stereocenters. The van der Waals surface area contributed by atoms with E-state index in [0.717, 1.165) is 36.8 Å². The fourth-order valence-electron chi connectivity index (χ4n) is 2.87. The van der Waals surface area contributed by atoms with Gasteiger partial charge in [-0.3, -0.25) is 0 Å². The molecule has 118 valence electrons. The molecule has 1 saturated carbocycles. The summed E-state index contributed by atoms with van der Waals surface area (Å²) in [6.45, 7) is 8.28. The van der Waals surface area contributed by atoms with Gasteiger partial charge in [0.1, 0.15) is 0 Å². The van der Waals surface area contributed by atoms with Crippen molar-refractivity contribution in [2.45, 2.75) is 64.3 Å². The van der Waals surface area contributed by atoms with Crippen molar-refractivity contribution in [3.05, 3.63) is 22.8 Å². The monoisotopic (exact) mass is 310 g/mol. The van der Waals surface area contributed by atoms with Gasteiger partial charge in [0.15, 0.2) is 0 Å². The average Bonchev–Trinajstić information content (AvgIpc) is 3.20. The third kappa shape index (κ3) is 3.09. The van der Waals surface area contributed by atoms with Crippen LogP contribution in [-0.2, 0) is 10.0 Å². The number of nitrogens with zero attached hydrogens (tertiary/aromatic N) is 1. The molecule has 0 radical (unpaired) electrons. The van der Waals surface area contributed by atoms with Crippen molar-refractivity contribution in [3.63, 3.8) is 0 Å². The minimum Gasteiger partial charge on any atom is -0.398 e. The summed E-state index contributed by atoms with van der Waals surface area (Å²) in [4.78, 5) is 0.411. The van der Waals surface area contributed by atoms with Gasteiger partial charge < -0.3 is 5.73 Å². The maximum Gasteiger partial charge on any atom is 0.243 e. The largest absolute Gasteiger partial charge is 0.398 e. The SMILES string of the molecule is CCCCN(C1CC1)S(=O)(=O)c1c(C)cc(C)c(N)c1C. The summed E-state index contributed by atoms with van der Waals surface area (Å²) in [7, 11) is -3.46. The van der Waals surface area contributed by atoms with Gasteiger partial charge in [-0.25, -0.2) is 8.42 Å². The molecule has 4 nitrogen and oxygen atoms in total. The standard InChI is InChI=1S/C16H26N2O2S/c1-5-6-9-18(14-7-8-14)21(19,20)16-12(3)10-11(2)15(17)13(16)4/h10,14H,5-9,17H2,1-4H3. The van der Waals surface area contributed by atoms with Gasteiger partial charge in [0.05, 0.1) is 4.90 Å². The van der Waals surface area contributed by atoms with Crippen LogP contribution in [0, 0.1) is 20.8 Å². The van der Waals surface area contributed by atoms with Crippen LogP contribution in [0.4, 0.5) is 5.69 Å². The highest BCUT2D eigenvalue weighted by Crippen LogP contribution is 2.36. The van der Waals surface area contributed by atoms with Crippen molar-refractivity contribution in [2.24, 2.45) is 0 Å². The van der Waals surface area contributed by atoms with Gasteiger partial charge in [0.25, 0.3) is 0 Å². The number of hydrogen-bond acceptors (Lipinski definition) is 3. The fourth-order valence-corrected chi connectivity index (χ4v) is 5.04. The van der Waals surface area contributed by atoms with Crippen LogP contribution in [0.2, 0.25) is 0 Å².